The number of amides is 1. The van der Waals surface area contributed by atoms with Gasteiger partial charge >= 0.3 is 0 Å². The average Bonchev–Trinajstić information content (AvgIpc) is 2.54. The second kappa shape index (κ2) is 7.90. The first-order valence-corrected chi connectivity index (χ1v) is 7.01. The Kier molecular flexibility index (Phi) is 5.65. The Morgan fingerprint density at radius 2 is 1.96 bits per heavy atom. The van der Waals surface area contributed by atoms with Crippen LogP contribution in [0.5, 0.6) is 0 Å². The van der Waals surface area contributed by atoms with E-state index in [0.717, 1.165) is 5.56 Å². The zero-order chi connectivity index (χ0) is 16.7. The number of nitro groups is 1. The number of nitrogens with zero attached hydrogens (tertiary/aromatic N) is 1. The summed E-state index contributed by atoms with van der Waals surface area (Å²) in [5.74, 6) is -0.315. The lowest BCUT2D eigenvalue weighted by Gasteiger charge is -2.08. The van der Waals surface area contributed by atoms with Crippen molar-refractivity contribution >= 4 is 23.0 Å². The molecule has 0 unspecified atom stereocenters. The number of nitrogens with one attached hydrogen (secondary N) is 1. The van der Waals surface area contributed by atoms with Crippen LogP contribution >= 0.6 is 0 Å². The third kappa shape index (κ3) is 5.08. The van der Waals surface area contributed by atoms with Crippen molar-refractivity contribution in [3.8, 4) is 0 Å². The van der Waals surface area contributed by atoms with Crippen molar-refractivity contribution in [1.29, 1.82) is 0 Å². The Balaban J connectivity index is 1.81. The molecule has 2 rings (SSSR count). The fourth-order valence-electron chi connectivity index (χ4n) is 1.91. The monoisotopic (exact) mass is 315 g/mol. The summed E-state index contributed by atoms with van der Waals surface area (Å²) in [6.45, 7) is 0.669. The second-order valence-corrected chi connectivity index (χ2v) is 4.87. The minimum absolute atomic E-state index is 0.130. The fourth-order valence-corrected chi connectivity index (χ4v) is 1.91. The highest BCUT2D eigenvalue weighted by atomic mass is 16.6. The summed E-state index contributed by atoms with van der Waals surface area (Å²) in [7, 11) is 0. The number of hydrogen-bond acceptors (Lipinski definition) is 5. The normalized spacial score (nSPS) is 10.3. The number of carbonyl (C=O) groups excluding carboxylic acids is 1. The summed E-state index contributed by atoms with van der Waals surface area (Å²) in [4.78, 5) is 22.0. The third-order valence-electron chi connectivity index (χ3n) is 3.11. The van der Waals surface area contributed by atoms with E-state index >= 15 is 0 Å². The van der Waals surface area contributed by atoms with Gasteiger partial charge in [0.05, 0.1) is 35.9 Å². The molecule has 0 aliphatic rings. The van der Waals surface area contributed by atoms with Gasteiger partial charge in [0.1, 0.15) is 0 Å². The first kappa shape index (κ1) is 16.4. The lowest BCUT2D eigenvalue weighted by molar-refractivity contribution is -0.384. The van der Waals surface area contributed by atoms with E-state index in [9.17, 15) is 14.9 Å². The molecule has 0 saturated carbocycles. The van der Waals surface area contributed by atoms with Gasteiger partial charge in [0.15, 0.2) is 0 Å². The molecular weight excluding hydrogens is 298 g/mol. The van der Waals surface area contributed by atoms with Gasteiger partial charge in [-0.3, -0.25) is 14.9 Å². The summed E-state index contributed by atoms with van der Waals surface area (Å²) < 4.78 is 5.42. The van der Waals surface area contributed by atoms with Gasteiger partial charge in [-0.25, -0.2) is 0 Å². The van der Waals surface area contributed by atoms with Crippen LogP contribution in [0.15, 0.2) is 48.5 Å². The number of ether oxygens (including phenoxy) is 1. The number of nitrogens with two attached hydrogens (primary N) is 1. The van der Waals surface area contributed by atoms with Gasteiger partial charge in [-0.1, -0.05) is 30.3 Å². The van der Waals surface area contributed by atoms with E-state index in [-0.39, 0.29) is 36.0 Å². The number of nitrogen functional groups attached to an aromatic ring is 1. The molecule has 0 aromatic heterocycles. The summed E-state index contributed by atoms with van der Waals surface area (Å²) in [5.41, 5.74) is 7.10. The molecule has 2 aromatic carbocycles. The van der Waals surface area contributed by atoms with Crippen LogP contribution in [0.4, 0.5) is 17.1 Å². The summed E-state index contributed by atoms with van der Waals surface area (Å²) in [6.07, 6.45) is 0.134. The van der Waals surface area contributed by atoms with Gasteiger partial charge < -0.3 is 15.8 Å². The van der Waals surface area contributed by atoms with E-state index in [0.29, 0.717) is 6.61 Å². The maximum absolute atomic E-state index is 11.8. The van der Waals surface area contributed by atoms with Crippen LogP contribution in [0.1, 0.15) is 12.0 Å². The molecule has 3 N–H and O–H groups in total. The van der Waals surface area contributed by atoms with Gasteiger partial charge in [-0.05, 0) is 11.6 Å². The first-order valence-electron chi connectivity index (χ1n) is 7.01. The minimum Gasteiger partial charge on any atom is -0.397 e. The number of benzene rings is 2. The minimum atomic E-state index is -0.544. The Hall–Kier alpha value is -2.93. The van der Waals surface area contributed by atoms with E-state index in [1.54, 1.807) is 0 Å². The van der Waals surface area contributed by atoms with Gasteiger partial charge in [-0.2, -0.15) is 0 Å². The van der Waals surface area contributed by atoms with Crippen molar-refractivity contribution in [1.82, 2.24) is 0 Å². The van der Waals surface area contributed by atoms with Crippen molar-refractivity contribution in [2.75, 3.05) is 17.7 Å². The van der Waals surface area contributed by atoms with Crippen LogP contribution < -0.4 is 11.1 Å². The molecule has 0 heterocycles. The topological polar surface area (TPSA) is 107 Å². The van der Waals surface area contributed by atoms with Crippen molar-refractivity contribution in [2.45, 2.75) is 13.0 Å². The Morgan fingerprint density at radius 3 is 2.65 bits per heavy atom. The largest absolute Gasteiger partial charge is 0.397 e. The molecule has 0 aliphatic carbocycles. The van der Waals surface area contributed by atoms with Gasteiger partial charge in [0, 0.05) is 12.1 Å². The number of non-ortho nitro benzene ring substituents is 1. The third-order valence-corrected chi connectivity index (χ3v) is 3.11. The van der Waals surface area contributed by atoms with Crippen LogP contribution in [0.3, 0.4) is 0 Å². The van der Waals surface area contributed by atoms with Crippen LogP contribution in [0.25, 0.3) is 0 Å². The van der Waals surface area contributed by atoms with E-state index in [2.05, 4.69) is 5.32 Å². The molecule has 0 fully saturated rings. The fraction of sp³-hybridized carbons (Fsp3) is 0.188. The highest BCUT2D eigenvalue weighted by Crippen LogP contribution is 2.24. The van der Waals surface area contributed by atoms with Crippen LogP contribution in [0.2, 0.25) is 0 Å². The molecule has 120 valence electrons. The summed E-state index contributed by atoms with van der Waals surface area (Å²) in [5, 5.41) is 13.3. The quantitative estimate of drug-likeness (QED) is 0.353. The number of rotatable bonds is 7. The molecule has 2 aromatic rings. The Morgan fingerprint density at radius 1 is 1.22 bits per heavy atom. The van der Waals surface area contributed by atoms with E-state index < -0.39 is 4.92 Å². The highest BCUT2D eigenvalue weighted by molar-refractivity contribution is 5.94. The van der Waals surface area contributed by atoms with Crippen molar-refractivity contribution in [3.63, 3.8) is 0 Å². The average molecular weight is 315 g/mol. The molecule has 7 heteroatoms. The lowest BCUT2D eigenvalue weighted by atomic mass is 10.2. The van der Waals surface area contributed by atoms with Gasteiger partial charge in [-0.15, -0.1) is 0 Å². The van der Waals surface area contributed by atoms with Crippen molar-refractivity contribution in [3.05, 3.63) is 64.2 Å². The summed E-state index contributed by atoms with van der Waals surface area (Å²) in [6, 6.07) is 13.5. The zero-order valence-corrected chi connectivity index (χ0v) is 12.4. The predicted molar refractivity (Wildman–Crippen MR) is 86.9 cm³/mol. The molecule has 23 heavy (non-hydrogen) atoms. The van der Waals surface area contributed by atoms with Crippen molar-refractivity contribution in [2.24, 2.45) is 0 Å². The zero-order valence-electron chi connectivity index (χ0n) is 12.4. The predicted octanol–water partition coefficient (Wildman–Crippen LogP) is 2.72. The SMILES string of the molecule is Nc1ccc([N+](=O)[O-])cc1NC(=O)CCOCc1ccccc1. The molecule has 0 spiro atoms. The molecular formula is C16H17N3O4. The number of nitro benzene ring substituents is 1. The molecule has 0 bridgehead atoms. The Labute approximate surface area is 133 Å². The standard InChI is InChI=1S/C16H17N3O4/c17-14-7-6-13(19(21)22)10-15(14)18-16(20)8-9-23-11-12-4-2-1-3-5-12/h1-7,10H,8-9,11,17H2,(H,18,20). The van der Waals surface area contributed by atoms with E-state index in [1.165, 1.54) is 18.2 Å². The smallest absolute Gasteiger partial charge is 0.271 e. The number of carbonyl (C=O) groups is 1. The van der Waals surface area contributed by atoms with Crippen molar-refractivity contribution < 1.29 is 14.5 Å². The molecule has 1 amide bonds. The maximum atomic E-state index is 11.8. The molecule has 0 radical (unpaired) electrons. The van der Waals surface area contributed by atoms with Crippen LogP contribution in [-0.4, -0.2) is 17.4 Å². The molecule has 0 atom stereocenters. The number of anilines is 2. The van der Waals surface area contributed by atoms with Gasteiger partial charge in [0.2, 0.25) is 5.91 Å². The lowest BCUT2D eigenvalue weighted by Crippen LogP contribution is -2.15. The molecule has 0 saturated heterocycles. The first-order chi connectivity index (χ1) is 11.1. The maximum Gasteiger partial charge on any atom is 0.271 e. The van der Waals surface area contributed by atoms with E-state index in [4.69, 9.17) is 10.5 Å². The van der Waals surface area contributed by atoms with E-state index in [1.807, 2.05) is 30.3 Å². The molecule has 7 nitrogen and oxygen atoms in total. The van der Waals surface area contributed by atoms with Crippen LogP contribution in [0, 0.1) is 10.1 Å². The Bertz CT molecular complexity index is 689. The second-order valence-electron chi connectivity index (χ2n) is 4.87. The van der Waals surface area contributed by atoms with Crippen LogP contribution in [-0.2, 0) is 16.1 Å². The van der Waals surface area contributed by atoms with Gasteiger partial charge in [0.25, 0.3) is 5.69 Å². The highest BCUT2D eigenvalue weighted by Gasteiger charge is 2.11. The summed E-state index contributed by atoms with van der Waals surface area (Å²) >= 11 is 0. The molecule has 0 aliphatic heterocycles. The number of hydrogen-bond donors (Lipinski definition) is 2.